The van der Waals surface area contributed by atoms with E-state index in [1.807, 2.05) is 0 Å². The minimum Gasteiger partial charge on any atom is -0.494 e. The Morgan fingerprint density at radius 1 is 1.43 bits per heavy atom. The van der Waals surface area contributed by atoms with E-state index in [0.717, 1.165) is 11.9 Å². The summed E-state index contributed by atoms with van der Waals surface area (Å²) in [5.74, 6) is 0.825. The lowest BCUT2D eigenvalue weighted by molar-refractivity contribution is 0.384. The average molecular weight is 340 g/mol. The van der Waals surface area contributed by atoms with Crippen LogP contribution in [0.15, 0.2) is 23.1 Å². The number of halogens is 1. The molecule has 1 aromatic carbocycles. The van der Waals surface area contributed by atoms with E-state index in [1.54, 1.807) is 11.6 Å². The number of hydrogen-bond donors (Lipinski definition) is 1. The predicted molar refractivity (Wildman–Crippen MR) is 80.1 cm³/mol. The third-order valence-electron chi connectivity index (χ3n) is 3.72. The lowest BCUT2D eigenvalue weighted by Crippen LogP contribution is -2.41. The Balaban J connectivity index is 1.79. The number of benzene rings is 1. The second-order valence-electron chi connectivity index (χ2n) is 5.41. The van der Waals surface area contributed by atoms with E-state index < -0.39 is 15.8 Å². The van der Waals surface area contributed by atoms with Gasteiger partial charge in [0.05, 0.1) is 18.6 Å². The number of methoxy groups -OCH3 is 1. The summed E-state index contributed by atoms with van der Waals surface area (Å²) in [5, 5.41) is 4.24. The number of nitrogens with one attached hydrogen (secondary N) is 1. The number of aryl methyl sites for hydroxylation is 2. The van der Waals surface area contributed by atoms with Gasteiger partial charge in [-0.3, -0.25) is 0 Å². The van der Waals surface area contributed by atoms with Crippen LogP contribution in [0, 0.1) is 12.7 Å². The van der Waals surface area contributed by atoms with Gasteiger partial charge in [-0.05, 0) is 25.5 Å². The van der Waals surface area contributed by atoms with Gasteiger partial charge in [-0.2, -0.15) is 5.10 Å². The molecule has 3 rings (SSSR count). The number of aromatic nitrogens is 3. The van der Waals surface area contributed by atoms with Crippen molar-refractivity contribution in [1.29, 1.82) is 0 Å². The Morgan fingerprint density at radius 3 is 2.96 bits per heavy atom. The molecular weight excluding hydrogens is 323 g/mol. The van der Waals surface area contributed by atoms with Gasteiger partial charge in [0.15, 0.2) is 11.6 Å². The zero-order valence-electron chi connectivity index (χ0n) is 12.8. The van der Waals surface area contributed by atoms with Gasteiger partial charge >= 0.3 is 0 Å². The van der Waals surface area contributed by atoms with E-state index in [0.29, 0.717) is 25.2 Å². The van der Waals surface area contributed by atoms with Crippen molar-refractivity contribution in [1.82, 2.24) is 19.5 Å². The fourth-order valence-corrected chi connectivity index (χ4v) is 3.90. The van der Waals surface area contributed by atoms with Crippen LogP contribution in [0.3, 0.4) is 0 Å². The van der Waals surface area contributed by atoms with Gasteiger partial charge in [0, 0.05) is 18.5 Å². The van der Waals surface area contributed by atoms with Crippen LogP contribution in [0.1, 0.15) is 18.1 Å². The number of hydrogen-bond acceptors (Lipinski definition) is 5. The van der Waals surface area contributed by atoms with Crippen LogP contribution < -0.4 is 9.46 Å². The van der Waals surface area contributed by atoms with Crippen LogP contribution in [-0.4, -0.2) is 36.3 Å². The summed E-state index contributed by atoms with van der Waals surface area (Å²) in [6.07, 6.45) is 1.29. The van der Waals surface area contributed by atoms with E-state index in [2.05, 4.69) is 14.8 Å². The summed E-state index contributed by atoms with van der Waals surface area (Å²) in [4.78, 5) is 4.26. The molecule has 0 saturated heterocycles. The summed E-state index contributed by atoms with van der Waals surface area (Å²) in [7, 11) is -2.47. The normalized spacial score (nSPS) is 17.8. The highest BCUT2D eigenvalue weighted by Crippen LogP contribution is 2.22. The SMILES string of the molecule is COc1cc(S(=O)(=O)NC2CCc3nc(C)nn3C2)ccc1F. The maximum atomic E-state index is 13.4. The Bertz CT molecular complexity index is 835. The minimum atomic E-state index is -3.76. The second kappa shape index (κ2) is 5.89. The molecule has 7 nitrogen and oxygen atoms in total. The number of fused-ring (bicyclic) bond motifs is 1. The molecule has 1 aliphatic heterocycles. The van der Waals surface area contributed by atoms with Gasteiger partial charge in [0.2, 0.25) is 10.0 Å². The molecule has 0 bridgehead atoms. The van der Waals surface area contributed by atoms with Crippen LogP contribution in [0.25, 0.3) is 0 Å². The van der Waals surface area contributed by atoms with Crippen molar-refractivity contribution in [2.75, 3.05) is 7.11 Å². The number of rotatable bonds is 4. The van der Waals surface area contributed by atoms with E-state index in [1.165, 1.54) is 19.2 Å². The molecule has 0 aliphatic carbocycles. The monoisotopic (exact) mass is 340 g/mol. The molecular formula is C14H17FN4O3S. The van der Waals surface area contributed by atoms with Gasteiger partial charge in [-0.25, -0.2) is 27.2 Å². The van der Waals surface area contributed by atoms with Crippen molar-refractivity contribution in [3.8, 4) is 5.75 Å². The first-order valence-corrected chi connectivity index (χ1v) is 8.63. The quantitative estimate of drug-likeness (QED) is 0.898. The van der Waals surface area contributed by atoms with Crippen LogP contribution in [0.2, 0.25) is 0 Å². The predicted octanol–water partition coefficient (Wildman–Crippen LogP) is 1.03. The molecule has 1 N–H and O–H groups in total. The molecule has 1 atom stereocenters. The summed E-state index contributed by atoms with van der Waals surface area (Å²) in [6.45, 7) is 2.23. The molecule has 0 amide bonds. The fourth-order valence-electron chi connectivity index (χ4n) is 2.62. The largest absolute Gasteiger partial charge is 0.494 e. The molecule has 124 valence electrons. The Hall–Kier alpha value is -2.00. The Morgan fingerprint density at radius 2 is 2.22 bits per heavy atom. The van der Waals surface area contributed by atoms with Crippen molar-refractivity contribution >= 4 is 10.0 Å². The van der Waals surface area contributed by atoms with E-state index in [-0.39, 0.29) is 16.7 Å². The molecule has 0 saturated carbocycles. The van der Waals surface area contributed by atoms with Crippen LogP contribution in [0.4, 0.5) is 4.39 Å². The topological polar surface area (TPSA) is 86.1 Å². The third kappa shape index (κ3) is 3.20. The highest BCUT2D eigenvalue weighted by Gasteiger charge is 2.26. The number of ether oxygens (including phenoxy) is 1. The standard InChI is InChI=1S/C14H17FN4O3S/c1-9-16-14-6-3-10(8-19(14)17-9)18-23(20,21)11-4-5-12(15)13(7-11)22-2/h4-5,7,10,18H,3,6,8H2,1-2H3. The van der Waals surface area contributed by atoms with Crippen molar-refractivity contribution in [3.63, 3.8) is 0 Å². The second-order valence-corrected chi connectivity index (χ2v) is 7.12. The lowest BCUT2D eigenvalue weighted by atomic mass is 10.1. The van der Waals surface area contributed by atoms with Crippen molar-refractivity contribution in [3.05, 3.63) is 35.7 Å². The van der Waals surface area contributed by atoms with E-state index in [9.17, 15) is 12.8 Å². The molecule has 9 heteroatoms. The van der Waals surface area contributed by atoms with Gasteiger partial charge < -0.3 is 4.74 Å². The zero-order valence-corrected chi connectivity index (χ0v) is 13.6. The van der Waals surface area contributed by atoms with E-state index >= 15 is 0 Å². The van der Waals surface area contributed by atoms with Crippen molar-refractivity contribution < 1.29 is 17.5 Å². The first-order valence-electron chi connectivity index (χ1n) is 7.15. The van der Waals surface area contributed by atoms with Gasteiger partial charge in [-0.15, -0.1) is 0 Å². The lowest BCUT2D eigenvalue weighted by Gasteiger charge is -2.23. The molecule has 23 heavy (non-hydrogen) atoms. The van der Waals surface area contributed by atoms with Crippen LogP contribution >= 0.6 is 0 Å². The molecule has 2 heterocycles. The molecule has 1 aliphatic rings. The zero-order chi connectivity index (χ0) is 16.6. The summed E-state index contributed by atoms with van der Waals surface area (Å²) >= 11 is 0. The molecule has 0 fully saturated rings. The first kappa shape index (κ1) is 15.9. The van der Waals surface area contributed by atoms with Gasteiger partial charge in [0.1, 0.15) is 11.6 Å². The van der Waals surface area contributed by atoms with Gasteiger partial charge in [-0.1, -0.05) is 0 Å². The number of sulfonamides is 1. The Labute approximate surface area is 133 Å². The smallest absolute Gasteiger partial charge is 0.241 e. The molecule has 2 aromatic rings. The molecule has 0 spiro atoms. The molecule has 1 aromatic heterocycles. The summed E-state index contributed by atoms with van der Waals surface area (Å²) in [6, 6.07) is 3.18. The fraction of sp³-hybridized carbons (Fsp3) is 0.429. The first-order chi connectivity index (χ1) is 10.9. The van der Waals surface area contributed by atoms with Crippen molar-refractivity contribution in [2.45, 2.75) is 37.2 Å². The van der Waals surface area contributed by atoms with Crippen LogP contribution in [-0.2, 0) is 23.0 Å². The van der Waals surface area contributed by atoms with Crippen LogP contribution in [0.5, 0.6) is 5.75 Å². The third-order valence-corrected chi connectivity index (χ3v) is 5.24. The Kier molecular flexibility index (Phi) is 4.07. The average Bonchev–Trinajstić information content (AvgIpc) is 2.86. The summed E-state index contributed by atoms with van der Waals surface area (Å²) < 4.78 is 47.5. The summed E-state index contributed by atoms with van der Waals surface area (Å²) in [5.41, 5.74) is 0. The molecule has 1 unspecified atom stereocenters. The maximum absolute atomic E-state index is 13.4. The minimum absolute atomic E-state index is 0.0312. The maximum Gasteiger partial charge on any atom is 0.241 e. The highest BCUT2D eigenvalue weighted by molar-refractivity contribution is 7.89. The van der Waals surface area contributed by atoms with Gasteiger partial charge in [0.25, 0.3) is 0 Å². The highest BCUT2D eigenvalue weighted by atomic mass is 32.2. The molecule has 0 radical (unpaired) electrons. The van der Waals surface area contributed by atoms with E-state index in [4.69, 9.17) is 4.74 Å². The number of nitrogens with zero attached hydrogens (tertiary/aromatic N) is 3. The van der Waals surface area contributed by atoms with Crippen molar-refractivity contribution in [2.24, 2.45) is 0 Å².